The Balaban J connectivity index is 1.69. The maximum atomic E-state index is 13.8. The van der Waals surface area contributed by atoms with Crippen LogP contribution in [0.4, 0.5) is 10.2 Å². The minimum Gasteiger partial charge on any atom is -0.352 e. The molecule has 3 rings (SSSR count). The predicted octanol–water partition coefficient (Wildman–Crippen LogP) is 1.49. The van der Waals surface area contributed by atoms with Crippen molar-refractivity contribution in [1.82, 2.24) is 9.29 Å². The first kappa shape index (κ1) is 14.0. The second kappa shape index (κ2) is 5.13. The second-order valence-electron chi connectivity index (χ2n) is 5.09. The molecule has 1 saturated heterocycles. The molecule has 0 amide bonds. The monoisotopic (exact) mass is 319 g/mol. The largest absolute Gasteiger partial charge is 0.352 e. The van der Waals surface area contributed by atoms with Crippen molar-refractivity contribution < 1.29 is 12.8 Å². The molecule has 0 aromatic carbocycles. The number of sulfonamides is 1. The second-order valence-corrected chi connectivity index (χ2v) is 7.74. The maximum Gasteiger partial charge on any atom is 0.217 e. The van der Waals surface area contributed by atoms with Crippen molar-refractivity contribution in [2.24, 2.45) is 0 Å². The third kappa shape index (κ3) is 2.62. The number of halogens is 2. The number of anilines is 1. The van der Waals surface area contributed by atoms with Crippen LogP contribution in [0, 0.1) is 5.82 Å². The van der Waals surface area contributed by atoms with Gasteiger partial charge < -0.3 is 4.90 Å². The van der Waals surface area contributed by atoms with E-state index in [2.05, 4.69) is 4.98 Å². The zero-order valence-electron chi connectivity index (χ0n) is 10.8. The van der Waals surface area contributed by atoms with Gasteiger partial charge >= 0.3 is 0 Å². The highest BCUT2D eigenvalue weighted by Gasteiger charge is 2.41. The molecular formula is C12H15ClFN3O2S. The summed E-state index contributed by atoms with van der Waals surface area (Å²) in [4.78, 5) is 5.74. The van der Waals surface area contributed by atoms with E-state index in [-0.39, 0.29) is 16.1 Å². The summed E-state index contributed by atoms with van der Waals surface area (Å²) >= 11 is 5.67. The normalized spacial score (nSPS) is 21.2. The van der Waals surface area contributed by atoms with Crippen LogP contribution in [0.25, 0.3) is 0 Å². The highest BCUT2D eigenvalue weighted by Crippen LogP contribution is 2.32. The van der Waals surface area contributed by atoms with Gasteiger partial charge in [-0.25, -0.2) is 17.8 Å². The lowest BCUT2D eigenvalue weighted by atomic mass is 10.3. The first-order chi connectivity index (χ1) is 9.48. The van der Waals surface area contributed by atoms with Crippen molar-refractivity contribution in [3.63, 3.8) is 0 Å². The van der Waals surface area contributed by atoms with Crippen LogP contribution < -0.4 is 4.90 Å². The number of aromatic nitrogens is 1. The van der Waals surface area contributed by atoms with Gasteiger partial charge in [0.05, 0.1) is 10.3 Å². The Morgan fingerprint density at radius 1 is 1.25 bits per heavy atom. The van der Waals surface area contributed by atoms with E-state index >= 15 is 0 Å². The van der Waals surface area contributed by atoms with Crippen LogP contribution in [0.2, 0.25) is 5.02 Å². The molecular weight excluding hydrogens is 305 g/mol. The van der Waals surface area contributed by atoms with Gasteiger partial charge in [-0.05, 0) is 18.9 Å². The SMILES string of the molecule is O=S(=O)(C1CC1)N1CCN(c2ncc(Cl)cc2F)CC1. The third-order valence-corrected chi connectivity index (χ3v) is 6.24. The molecule has 0 unspecified atom stereocenters. The summed E-state index contributed by atoms with van der Waals surface area (Å²) in [7, 11) is -3.14. The Hall–Kier alpha value is -0.920. The zero-order valence-corrected chi connectivity index (χ0v) is 12.4. The minimum atomic E-state index is -3.14. The average molecular weight is 320 g/mol. The van der Waals surface area contributed by atoms with E-state index < -0.39 is 15.8 Å². The van der Waals surface area contributed by atoms with E-state index in [9.17, 15) is 12.8 Å². The van der Waals surface area contributed by atoms with Gasteiger partial charge in [0.15, 0.2) is 11.6 Å². The van der Waals surface area contributed by atoms with Gasteiger partial charge in [0, 0.05) is 32.4 Å². The number of piperazine rings is 1. The number of rotatable bonds is 3. The van der Waals surface area contributed by atoms with Gasteiger partial charge in [-0.2, -0.15) is 4.31 Å². The molecule has 1 aromatic rings. The number of pyridine rings is 1. The van der Waals surface area contributed by atoms with Gasteiger partial charge in [0.25, 0.3) is 0 Å². The molecule has 2 aliphatic rings. The van der Waals surface area contributed by atoms with Crippen molar-refractivity contribution >= 4 is 27.4 Å². The smallest absolute Gasteiger partial charge is 0.217 e. The summed E-state index contributed by atoms with van der Waals surface area (Å²) in [5.41, 5.74) is 0. The van der Waals surface area contributed by atoms with Crippen molar-refractivity contribution in [3.05, 3.63) is 23.1 Å². The number of nitrogens with zero attached hydrogens (tertiary/aromatic N) is 3. The van der Waals surface area contributed by atoms with Gasteiger partial charge in [-0.3, -0.25) is 0 Å². The average Bonchev–Trinajstić information content (AvgIpc) is 3.23. The lowest BCUT2D eigenvalue weighted by molar-refractivity contribution is 0.381. The van der Waals surface area contributed by atoms with Gasteiger partial charge in [0.2, 0.25) is 10.0 Å². The number of hydrogen-bond acceptors (Lipinski definition) is 4. The number of hydrogen-bond donors (Lipinski definition) is 0. The lowest BCUT2D eigenvalue weighted by Gasteiger charge is -2.34. The van der Waals surface area contributed by atoms with E-state index in [0.717, 1.165) is 12.8 Å². The fourth-order valence-corrected chi connectivity index (χ4v) is 4.34. The van der Waals surface area contributed by atoms with Crippen LogP contribution in [-0.2, 0) is 10.0 Å². The Labute approximate surface area is 122 Å². The highest BCUT2D eigenvalue weighted by atomic mass is 35.5. The summed E-state index contributed by atoms with van der Waals surface area (Å²) in [5, 5.41) is 0.0561. The predicted molar refractivity (Wildman–Crippen MR) is 74.9 cm³/mol. The molecule has 20 heavy (non-hydrogen) atoms. The molecule has 0 radical (unpaired) electrons. The first-order valence-corrected chi connectivity index (χ1v) is 8.41. The Morgan fingerprint density at radius 2 is 1.90 bits per heavy atom. The topological polar surface area (TPSA) is 53.5 Å². The lowest BCUT2D eigenvalue weighted by Crippen LogP contribution is -2.50. The molecule has 1 aliphatic heterocycles. The molecule has 1 aromatic heterocycles. The Morgan fingerprint density at radius 3 is 2.45 bits per heavy atom. The highest BCUT2D eigenvalue weighted by molar-refractivity contribution is 7.90. The summed E-state index contributed by atoms with van der Waals surface area (Å²) in [5.74, 6) is -0.242. The third-order valence-electron chi connectivity index (χ3n) is 3.63. The van der Waals surface area contributed by atoms with E-state index in [4.69, 9.17) is 11.6 Å². The van der Waals surface area contributed by atoms with Crippen LogP contribution in [0.15, 0.2) is 12.3 Å². The van der Waals surface area contributed by atoms with Crippen LogP contribution in [0.3, 0.4) is 0 Å². The molecule has 0 bridgehead atoms. The molecule has 2 fully saturated rings. The summed E-state index contributed by atoms with van der Waals surface area (Å²) in [6.07, 6.45) is 2.92. The Bertz CT molecular complexity index is 613. The Kier molecular flexibility index (Phi) is 3.60. The van der Waals surface area contributed by atoms with Crippen LogP contribution >= 0.6 is 11.6 Å². The van der Waals surface area contributed by atoms with E-state index in [1.165, 1.54) is 16.6 Å². The molecule has 5 nitrogen and oxygen atoms in total. The van der Waals surface area contributed by atoms with Crippen molar-refractivity contribution in [2.75, 3.05) is 31.1 Å². The molecule has 1 saturated carbocycles. The van der Waals surface area contributed by atoms with Gasteiger partial charge in [0.1, 0.15) is 0 Å². The van der Waals surface area contributed by atoms with Gasteiger partial charge in [-0.15, -0.1) is 0 Å². The van der Waals surface area contributed by atoms with E-state index in [1.54, 1.807) is 4.90 Å². The zero-order chi connectivity index (χ0) is 14.3. The van der Waals surface area contributed by atoms with E-state index in [1.807, 2.05) is 0 Å². The fraction of sp³-hybridized carbons (Fsp3) is 0.583. The molecule has 0 atom stereocenters. The van der Waals surface area contributed by atoms with Crippen LogP contribution in [0.5, 0.6) is 0 Å². The van der Waals surface area contributed by atoms with Crippen LogP contribution in [0.1, 0.15) is 12.8 Å². The molecule has 0 spiro atoms. The first-order valence-electron chi connectivity index (χ1n) is 6.53. The summed E-state index contributed by atoms with van der Waals surface area (Å²) in [6, 6.07) is 1.22. The van der Waals surface area contributed by atoms with E-state index in [0.29, 0.717) is 26.2 Å². The quantitative estimate of drug-likeness (QED) is 0.847. The minimum absolute atomic E-state index is 0.195. The molecule has 0 N–H and O–H groups in total. The van der Waals surface area contributed by atoms with Crippen molar-refractivity contribution in [3.8, 4) is 0 Å². The molecule has 1 aliphatic carbocycles. The molecule has 110 valence electrons. The summed E-state index contributed by atoms with van der Waals surface area (Å²) < 4.78 is 39.5. The fourth-order valence-electron chi connectivity index (χ4n) is 2.37. The van der Waals surface area contributed by atoms with Crippen molar-refractivity contribution in [2.45, 2.75) is 18.1 Å². The standard InChI is InChI=1S/C12H15ClFN3O2S/c13-9-7-11(14)12(15-8-9)16-3-5-17(6-4-16)20(18,19)10-1-2-10/h7-8,10H,1-6H2. The van der Waals surface area contributed by atoms with Crippen LogP contribution in [-0.4, -0.2) is 49.1 Å². The molecule has 8 heteroatoms. The van der Waals surface area contributed by atoms with Crippen molar-refractivity contribution in [1.29, 1.82) is 0 Å². The van der Waals surface area contributed by atoms with Gasteiger partial charge in [-0.1, -0.05) is 11.6 Å². The maximum absolute atomic E-state index is 13.8. The molecule has 2 heterocycles. The summed E-state index contributed by atoms with van der Waals surface area (Å²) in [6.45, 7) is 1.64.